The van der Waals surface area contributed by atoms with Crippen molar-refractivity contribution in [3.8, 4) is 11.5 Å². The lowest BCUT2D eigenvalue weighted by atomic mass is 9.98. The molecule has 3 heterocycles. The molecule has 0 unspecified atom stereocenters. The number of hydrogen-bond acceptors (Lipinski definition) is 6. The number of benzene rings is 1. The zero-order chi connectivity index (χ0) is 17.4. The molecule has 0 spiro atoms. The van der Waals surface area contributed by atoms with Gasteiger partial charge in [0.2, 0.25) is 11.7 Å². The number of likely N-dealkylation sites (tertiary alicyclic amines) is 1. The Morgan fingerprint density at radius 1 is 1.20 bits per heavy atom. The van der Waals surface area contributed by atoms with E-state index in [0.29, 0.717) is 36.1 Å². The van der Waals surface area contributed by atoms with Crippen LogP contribution in [-0.4, -0.2) is 44.0 Å². The van der Waals surface area contributed by atoms with Gasteiger partial charge in [-0.2, -0.15) is 4.98 Å². The minimum Gasteiger partial charge on any atom is -0.338 e. The summed E-state index contributed by atoms with van der Waals surface area (Å²) < 4.78 is 5.32. The molecule has 7 heteroatoms. The van der Waals surface area contributed by atoms with E-state index < -0.39 is 0 Å². The summed E-state index contributed by atoms with van der Waals surface area (Å²) in [7, 11) is 0. The average molecular weight is 335 g/mol. The maximum absolute atomic E-state index is 12.5. The molecule has 0 atom stereocenters. The van der Waals surface area contributed by atoms with E-state index in [-0.39, 0.29) is 11.8 Å². The predicted molar refractivity (Wildman–Crippen MR) is 89.9 cm³/mol. The zero-order valence-corrected chi connectivity index (χ0v) is 14.0. The van der Waals surface area contributed by atoms with Crippen LogP contribution in [-0.2, 0) is 0 Å². The molecular weight excluding hydrogens is 318 g/mol. The van der Waals surface area contributed by atoms with Crippen molar-refractivity contribution in [3.05, 3.63) is 59.4 Å². The molecule has 4 rings (SSSR count). The fraction of sp³-hybridized carbons (Fsp3) is 0.278. The van der Waals surface area contributed by atoms with Crippen LogP contribution in [0.25, 0.3) is 11.5 Å². The van der Waals surface area contributed by atoms with Crippen molar-refractivity contribution >= 4 is 5.91 Å². The molecule has 2 aromatic heterocycles. The molecule has 1 saturated heterocycles. The second-order valence-electron chi connectivity index (χ2n) is 6.25. The van der Waals surface area contributed by atoms with Gasteiger partial charge in [0, 0.05) is 31.0 Å². The summed E-state index contributed by atoms with van der Waals surface area (Å²) in [6.07, 6.45) is 4.76. The largest absolute Gasteiger partial charge is 0.338 e. The van der Waals surface area contributed by atoms with Crippen LogP contribution in [0.4, 0.5) is 0 Å². The highest BCUT2D eigenvalue weighted by molar-refractivity contribution is 5.95. The van der Waals surface area contributed by atoms with E-state index in [1.165, 1.54) is 5.56 Å². The van der Waals surface area contributed by atoms with Gasteiger partial charge in [-0.05, 0) is 37.1 Å². The smallest absolute Gasteiger partial charge is 0.253 e. The molecule has 1 fully saturated rings. The first kappa shape index (κ1) is 15.4. The number of nitrogens with zero attached hydrogens (tertiary/aromatic N) is 5. The zero-order valence-electron chi connectivity index (χ0n) is 14.0. The fourth-order valence-corrected chi connectivity index (χ4v) is 2.78. The molecule has 1 aromatic carbocycles. The highest BCUT2D eigenvalue weighted by Gasteiger charge is 2.36. The first-order valence-corrected chi connectivity index (χ1v) is 8.08. The Labute approximate surface area is 144 Å². The van der Waals surface area contributed by atoms with Crippen molar-refractivity contribution in [2.24, 2.45) is 0 Å². The Kier molecular flexibility index (Phi) is 3.76. The molecule has 1 aliphatic heterocycles. The van der Waals surface area contributed by atoms with Gasteiger partial charge in [-0.1, -0.05) is 11.2 Å². The standard InChI is InChI=1S/C18H17N5O2/c1-11-3-4-13(7-12(11)2)18(24)23-9-14(10-23)17-21-16(22-25-17)15-8-19-5-6-20-15/h3-8,14H,9-10H2,1-2H3. The van der Waals surface area contributed by atoms with Crippen LogP contribution >= 0.6 is 0 Å². The van der Waals surface area contributed by atoms with Crippen molar-refractivity contribution in [1.29, 1.82) is 0 Å². The minimum atomic E-state index is 0.0352. The summed E-state index contributed by atoms with van der Waals surface area (Å²) in [5, 5.41) is 3.95. The van der Waals surface area contributed by atoms with Crippen LogP contribution in [0.5, 0.6) is 0 Å². The number of amides is 1. The van der Waals surface area contributed by atoms with Gasteiger partial charge in [0.15, 0.2) is 0 Å². The van der Waals surface area contributed by atoms with Gasteiger partial charge in [-0.15, -0.1) is 0 Å². The van der Waals surface area contributed by atoms with E-state index in [9.17, 15) is 4.79 Å². The van der Waals surface area contributed by atoms with Crippen LogP contribution in [0.15, 0.2) is 41.3 Å². The van der Waals surface area contributed by atoms with Gasteiger partial charge >= 0.3 is 0 Å². The van der Waals surface area contributed by atoms with E-state index in [2.05, 4.69) is 20.1 Å². The van der Waals surface area contributed by atoms with Crippen LogP contribution < -0.4 is 0 Å². The lowest BCUT2D eigenvalue weighted by molar-refractivity contribution is 0.0569. The van der Waals surface area contributed by atoms with E-state index in [1.807, 2.05) is 32.0 Å². The molecule has 3 aromatic rings. The van der Waals surface area contributed by atoms with Crippen molar-refractivity contribution < 1.29 is 9.32 Å². The predicted octanol–water partition coefficient (Wildman–Crippen LogP) is 2.38. The van der Waals surface area contributed by atoms with Gasteiger partial charge in [-0.3, -0.25) is 9.78 Å². The third-order valence-corrected chi connectivity index (χ3v) is 4.51. The van der Waals surface area contributed by atoms with Gasteiger partial charge < -0.3 is 9.42 Å². The summed E-state index contributed by atoms with van der Waals surface area (Å²) in [6.45, 7) is 5.20. The summed E-state index contributed by atoms with van der Waals surface area (Å²) in [5.41, 5.74) is 3.58. The number of rotatable bonds is 3. The molecular formula is C18H17N5O2. The number of carbonyl (C=O) groups is 1. The third kappa shape index (κ3) is 2.88. The number of carbonyl (C=O) groups excluding carboxylic acids is 1. The van der Waals surface area contributed by atoms with Crippen LogP contribution in [0.2, 0.25) is 0 Å². The molecule has 25 heavy (non-hydrogen) atoms. The normalized spacial score (nSPS) is 14.4. The third-order valence-electron chi connectivity index (χ3n) is 4.51. The minimum absolute atomic E-state index is 0.0352. The van der Waals surface area contributed by atoms with E-state index in [1.54, 1.807) is 23.5 Å². The lowest BCUT2D eigenvalue weighted by Crippen LogP contribution is -2.48. The van der Waals surface area contributed by atoms with Gasteiger partial charge in [0.05, 0.1) is 12.1 Å². The van der Waals surface area contributed by atoms with E-state index in [4.69, 9.17) is 4.52 Å². The molecule has 0 radical (unpaired) electrons. The summed E-state index contributed by atoms with van der Waals surface area (Å²) in [6, 6.07) is 5.78. The topological polar surface area (TPSA) is 85.0 Å². The number of aryl methyl sites for hydroxylation is 2. The van der Waals surface area contributed by atoms with Crippen molar-refractivity contribution in [1.82, 2.24) is 25.0 Å². The van der Waals surface area contributed by atoms with E-state index in [0.717, 1.165) is 5.56 Å². The second kappa shape index (κ2) is 6.08. The quantitative estimate of drug-likeness (QED) is 0.730. The Morgan fingerprint density at radius 2 is 2.04 bits per heavy atom. The Morgan fingerprint density at radius 3 is 2.76 bits per heavy atom. The molecule has 0 aliphatic carbocycles. The number of aromatic nitrogens is 4. The maximum atomic E-state index is 12.5. The summed E-state index contributed by atoms with van der Waals surface area (Å²) in [4.78, 5) is 26.9. The Hall–Kier alpha value is -3.09. The number of hydrogen-bond donors (Lipinski definition) is 0. The second-order valence-corrected chi connectivity index (χ2v) is 6.25. The monoisotopic (exact) mass is 335 g/mol. The van der Waals surface area contributed by atoms with E-state index >= 15 is 0 Å². The highest BCUT2D eigenvalue weighted by Crippen LogP contribution is 2.28. The molecule has 0 bridgehead atoms. The maximum Gasteiger partial charge on any atom is 0.253 e. The first-order valence-electron chi connectivity index (χ1n) is 8.08. The Balaban J connectivity index is 1.43. The lowest BCUT2D eigenvalue weighted by Gasteiger charge is -2.37. The molecule has 0 N–H and O–H groups in total. The van der Waals surface area contributed by atoms with Gasteiger partial charge in [0.25, 0.3) is 5.91 Å². The highest BCUT2D eigenvalue weighted by atomic mass is 16.5. The van der Waals surface area contributed by atoms with Crippen LogP contribution in [0, 0.1) is 13.8 Å². The SMILES string of the molecule is Cc1ccc(C(=O)N2CC(c3nc(-c4cnccn4)no3)C2)cc1C. The van der Waals surface area contributed by atoms with Crippen LogP contribution in [0.3, 0.4) is 0 Å². The average Bonchev–Trinajstić information content (AvgIpc) is 3.06. The van der Waals surface area contributed by atoms with Crippen molar-refractivity contribution in [2.45, 2.75) is 19.8 Å². The molecule has 0 saturated carbocycles. The van der Waals surface area contributed by atoms with Crippen molar-refractivity contribution in [2.75, 3.05) is 13.1 Å². The van der Waals surface area contributed by atoms with Gasteiger partial charge in [0.1, 0.15) is 5.69 Å². The molecule has 126 valence electrons. The molecule has 7 nitrogen and oxygen atoms in total. The molecule has 1 aliphatic rings. The summed E-state index contributed by atoms with van der Waals surface area (Å²) >= 11 is 0. The van der Waals surface area contributed by atoms with Crippen molar-refractivity contribution in [3.63, 3.8) is 0 Å². The van der Waals surface area contributed by atoms with Gasteiger partial charge in [-0.25, -0.2) is 4.98 Å². The Bertz CT molecular complexity index is 916. The molecule has 1 amide bonds. The first-order chi connectivity index (χ1) is 12.1. The van der Waals surface area contributed by atoms with Crippen LogP contribution in [0.1, 0.15) is 33.3 Å². The summed E-state index contributed by atoms with van der Waals surface area (Å²) in [5.74, 6) is 1.05. The fourth-order valence-electron chi connectivity index (χ4n) is 2.78.